The fraction of sp³-hybridized carbons (Fsp3) is 0.438. The topological polar surface area (TPSA) is 43.5 Å². The minimum Gasteiger partial charge on any atom is -0.494 e. The molecule has 4 heteroatoms. The molecule has 0 aromatic heterocycles. The van der Waals surface area contributed by atoms with E-state index >= 15 is 0 Å². The maximum absolute atomic E-state index is 5.91. The van der Waals surface area contributed by atoms with E-state index in [1.165, 1.54) is 60.8 Å². The van der Waals surface area contributed by atoms with Gasteiger partial charge in [0, 0.05) is 0 Å². The largest absolute Gasteiger partial charge is 0.494 e. The fourth-order valence-electron chi connectivity index (χ4n) is 4.49. The summed E-state index contributed by atoms with van der Waals surface area (Å²) in [5.41, 5.74) is 4.82. The highest BCUT2D eigenvalue weighted by Crippen LogP contribution is 2.28. The number of ether oxygens (including phenoxy) is 4. The molecule has 3 aromatic rings. The molecule has 0 bridgehead atoms. The SMILES string of the molecule is c1cc(-c2ccc(-c3ccc(OCCCCCC4CO4)cc3)cc2)ccc1OCCCCCC1CO1. The highest BCUT2D eigenvalue weighted by Gasteiger charge is 2.21. The number of hydrogen-bond acceptors (Lipinski definition) is 4. The molecule has 2 aliphatic rings. The molecule has 3 aromatic carbocycles. The van der Waals surface area contributed by atoms with Gasteiger partial charge in [0.25, 0.3) is 0 Å². The van der Waals surface area contributed by atoms with E-state index in [0.29, 0.717) is 12.2 Å². The van der Waals surface area contributed by atoms with Crippen LogP contribution in [0, 0.1) is 0 Å². The lowest BCUT2D eigenvalue weighted by Gasteiger charge is -2.09. The van der Waals surface area contributed by atoms with Gasteiger partial charge in [-0.3, -0.25) is 0 Å². The van der Waals surface area contributed by atoms with Gasteiger partial charge in [-0.05, 0) is 85.0 Å². The van der Waals surface area contributed by atoms with E-state index in [0.717, 1.165) is 50.8 Å². The van der Waals surface area contributed by atoms with Crippen molar-refractivity contribution >= 4 is 0 Å². The van der Waals surface area contributed by atoms with Gasteiger partial charge in [-0.1, -0.05) is 61.4 Å². The van der Waals surface area contributed by atoms with E-state index in [4.69, 9.17) is 18.9 Å². The summed E-state index contributed by atoms with van der Waals surface area (Å²) in [5.74, 6) is 1.88. The van der Waals surface area contributed by atoms with E-state index < -0.39 is 0 Å². The first-order valence-corrected chi connectivity index (χ1v) is 13.6. The van der Waals surface area contributed by atoms with Gasteiger partial charge in [0.15, 0.2) is 0 Å². The van der Waals surface area contributed by atoms with Crippen LogP contribution in [-0.2, 0) is 9.47 Å². The van der Waals surface area contributed by atoms with Gasteiger partial charge in [-0.15, -0.1) is 0 Å². The minimum atomic E-state index is 0.546. The van der Waals surface area contributed by atoms with Crippen LogP contribution in [0.1, 0.15) is 51.4 Å². The van der Waals surface area contributed by atoms with Crippen LogP contribution in [-0.4, -0.2) is 38.6 Å². The molecule has 190 valence electrons. The summed E-state index contributed by atoms with van der Waals surface area (Å²) in [6, 6.07) is 25.6. The van der Waals surface area contributed by atoms with Crippen LogP contribution >= 0.6 is 0 Å². The van der Waals surface area contributed by atoms with Gasteiger partial charge in [-0.25, -0.2) is 0 Å². The number of benzene rings is 3. The Bertz CT molecular complexity index is 949. The first-order valence-electron chi connectivity index (χ1n) is 13.6. The second kappa shape index (κ2) is 12.9. The van der Waals surface area contributed by atoms with Gasteiger partial charge in [-0.2, -0.15) is 0 Å². The smallest absolute Gasteiger partial charge is 0.119 e. The maximum Gasteiger partial charge on any atom is 0.119 e. The Morgan fingerprint density at radius 2 is 0.806 bits per heavy atom. The minimum absolute atomic E-state index is 0.546. The Morgan fingerprint density at radius 1 is 0.472 bits per heavy atom. The van der Waals surface area contributed by atoms with Gasteiger partial charge < -0.3 is 18.9 Å². The summed E-state index contributed by atoms with van der Waals surface area (Å²) in [5, 5.41) is 0. The van der Waals surface area contributed by atoms with Crippen molar-refractivity contribution in [1.29, 1.82) is 0 Å². The Hall–Kier alpha value is -2.82. The standard InChI is InChI=1S/C32H38O4/c1(3-7-31-23-35-31)5-21-33-29-17-13-27(14-18-29)25-9-11-26(12-10-25)28-15-19-30(20-16-28)34-22-6-2-4-8-32-24-36-32/h9-20,31-32H,1-8,21-24H2. The van der Waals surface area contributed by atoms with Crippen molar-refractivity contribution in [2.75, 3.05) is 26.4 Å². The van der Waals surface area contributed by atoms with Crippen molar-refractivity contribution in [2.24, 2.45) is 0 Å². The number of hydrogen-bond donors (Lipinski definition) is 0. The van der Waals surface area contributed by atoms with Crippen molar-refractivity contribution in [3.05, 3.63) is 72.8 Å². The quantitative estimate of drug-likeness (QED) is 0.154. The molecule has 2 heterocycles. The predicted molar refractivity (Wildman–Crippen MR) is 145 cm³/mol. The van der Waals surface area contributed by atoms with Gasteiger partial charge in [0.2, 0.25) is 0 Å². The Labute approximate surface area is 215 Å². The van der Waals surface area contributed by atoms with Crippen molar-refractivity contribution in [3.8, 4) is 33.8 Å². The summed E-state index contributed by atoms with van der Waals surface area (Å²) in [4.78, 5) is 0. The van der Waals surface area contributed by atoms with E-state index in [1.54, 1.807) is 0 Å². The molecule has 2 saturated heterocycles. The predicted octanol–water partition coefficient (Wildman–Crippen LogP) is 7.70. The molecular formula is C32H38O4. The van der Waals surface area contributed by atoms with Crippen LogP contribution in [0.4, 0.5) is 0 Å². The summed E-state index contributed by atoms with van der Waals surface area (Å²) in [6.45, 7) is 3.48. The maximum atomic E-state index is 5.91. The van der Waals surface area contributed by atoms with E-state index in [2.05, 4.69) is 72.8 Å². The van der Waals surface area contributed by atoms with Crippen LogP contribution in [0.15, 0.2) is 72.8 Å². The number of rotatable bonds is 16. The normalized spacial score (nSPS) is 18.1. The molecule has 0 saturated carbocycles. The van der Waals surface area contributed by atoms with E-state index in [9.17, 15) is 0 Å². The third-order valence-electron chi connectivity index (χ3n) is 6.94. The molecule has 0 spiro atoms. The van der Waals surface area contributed by atoms with Crippen LogP contribution < -0.4 is 9.47 Å². The summed E-state index contributed by atoms with van der Waals surface area (Å²) in [6.07, 6.45) is 10.6. The van der Waals surface area contributed by atoms with Crippen LogP contribution in [0.3, 0.4) is 0 Å². The fourth-order valence-corrected chi connectivity index (χ4v) is 4.49. The lowest BCUT2D eigenvalue weighted by atomic mass is 10.0. The van der Waals surface area contributed by atoms with Gasteiger partial charge in [0.05, 0.1) is 38.6 Å². The lowest BCUT2D eigenvalue weighted by Crippen LogP contribution is -1.97. The van der Waals surface area contributed by atoms with Crippen LogP contribution in [0.5, 0.6) is 11.5 Å². The molecule has 2 aliphatic heterocycles. The second-order valence-electron chi connectivity index (χ2n) is 9.93. The molecule has 0 amide bonds. The summed E-state index contributed by atoms with van der Waals surface area (Å²) < 4.78 is 22.3. The Kier molecular flexibility index (Phi) is 8.93. The number of unbranched alkanes of at least 4 members (excludes halogenated alkanes) is 4. The summed E-state index contributed by atoms with van der Waals surface area (Å²) >= 11 is 0. The van der Waals surface area contributed by atoms with Crippen molar-refractivity contribution in [2.45, 2.75) is 63.6 Å². The number of epoxide rings is 2. The zero-order chi connectivity index (χ0) is 24.4. The molecule has 0 radical (unpaired) electrons. The van der Waals surface area contributed by atoms with Crippen LogP contribution in [0.25, 0.3) is 22.3 Å². The van der Waals surface area contributed by atoms with Crippen molar-refractivity contribution in [1.82, 2.24) is 0 Å². The Morgan fingerprint density at radius 3 is 1.14 bits per heavy atom. The molecule has 2 atom stereocenters. The first kappa shape index (κ1) is 24.9. The molecule has 5 rings (SSSR count). The lowest BCUT2D eigenvalue weighted by molar-refractivity contribution is 0.302. The Balaban J connectivity index is 1.03. The summed E-state index contributed by atoms with van der Waals surface area (Å²) in [7, 11) is 0. The molecule has 0 N–H and O–H groups in total. The van der Waals surface area contributed by atoms with Crippen molar-refractivity contribution < 1.29 is 18.9 Å². The van der Waals surface area contributed by atoms with Gasteiger partial charge in [0.1, 0.15) is 11.5 Å². The van der Waals surface area contributed by atoms with E-state index in [1.807, 2.05) is 0 Å². The van der Waals surface area contributed by atoms with Crippen molar-refractivity contribution in [3.63, 3.8) is 0 Å². The second-order valence-corrected chi connectivity index (χ2v) is 9.93. The third-order valence-corrected chi connectivity index (χ3v) is 6.94. The molecule has 36 heavy (non-hydrogen) atoms. The average Bonchev–Trinajstić information content (AvgIpc) is 3.85. The average molecular weight is 487 g/mol. The molecule has 0 aliphatic carbocycles. The molecule has 2 unspecified atom stereocenters. The monoisotopic (exact) mass is 486 g/mol. The zero-order valence-corrected chi connectivity index (χ0v) is 21.2. The van der Waals surface area contributed by atoms with Crippen LogP contribution in [0.2, 0.25) is 0 Å². The highest BCUT2D eigenvalue weighted by molar-refractivity contribution is 5.71. The third kappa shape index (κ3) is 8.11. The molecular weight excluding hydrogens is 448 g/mol. The zero-order valence-electron chi connectivity index (χ0n) is 21.2. The molecule has 2 fully saturated rings. The molecule has 4 nitrogen and oxygen atoms in total. The van der Waals surface area contributed by atoms with E-state index in [-0.39, 0.29) is 0 Å². The van der Waals surface area contributed by atoms with Gasteiger partial charge >= 0.3 is 0 Å². The first-order chi connectivity index (χ1) is 17.8. The highest BCUT2D eigenvalue weighted by atomic mass is 16.6.